The first-order chi connectivity index (χ1) is 5.61. The number of aryl methyl sites for hydroxylation is 1. The quantitative estimate of drug-likeness (QED) is 0.664. The van der Waals surface area contributed by atoms with Gasteiger partial charge in [-0.25, -0.2) is 0 Å². The summed E-state index contributed by atoms with van der Waals surface area (Å²) in [6.45, 7) is 1.91. The van der Waals surface area contributed by atoms with Crippen molar-refractivity contribution in [2.24, 2.45) is 0 Å². The lowest BCUT2D eigenvalue weighted by Gasteiger charge is -2.17. The van der Waals surface area contributed by atoms with Gasteiger partial charge in [-0.05, 0) is 33.2 Å². The highest BCUT2D eigenvalue weighted by atomic mass is 16.3. The molecule has 1 aromatic rings. The summed E-state index contributed by atoms with van der Waals surface area (Å²) >= 11 is 0. The van der Waals surface area contributed by atoms with E-state index < -0.39 is 6.23 Å². The third kappa shape index (κ3) is 2.03. The zero-order chi connectivity index (χ0) is 9.14. The van der Waals surface area contributed by atoms with Gasteiger partial charge in [0.15, 0.2) is 0 Å². The minimum Gasteiger partial charge on any atom is -0.372 e. The number of pyridine rings is 1. The summed E-state index contributed by atoms with van der Waals surface area (Å²) in [6.07, 6.45) is -0.607. The summed E-state index contributed by atoms with van der Waals surface area (Å²) < 4.78 is 0. The fraction of sp³-hybridized carbons (Fsp3) is 0.444. The van der Waals surface area contributed by atoms with Gasteiger partial charge in [0.1, 0.15) is 6.23 Å². The number of nitrogens with zero attached hydrogens (tertiary/aromatic N) is 2. The molecule has 0 saturated carbocycles. The fourth-order valence-electron chi connectivity index (χ4n) is 0.972. The molecule has 0 bridgehead atoms. The van der Waals surface area contributed by atoms with Crippen LogP contribution in [0.15, 0.2) is 18.2 Å². The van der Waals surface area contributed by atoms with E-state index in [4.69, 9.17) is 0 Å². The molecule has 0 radical (unpaired) electrons. The molecule has 0 saturated heterocycles. The Morgan fingerprint density at radius 2 is 2.08 bits per heavy atom. The molecule has 1 unspecified atom stereocenters. The second kappa shape index (κ2) is 3.65. The molecule has 0 amide bonds. The van der Waals surface area contributed by atoms with E-state index in [0.29, 0.717) is 5.69 Å². The Morgan fingerprint density at radius 1 is 1.42 bits per heavy atom. The van der Waals surface area contributed by atoms with Crippen molar-refractivity contribution in [2.45, 2.75) is 13.2 Å². The van der Waals surface area contributed by atoms with Crippen LogP contribution in [-0.2, 0) is 0 Å². The highest BCUT2D eigenvalue weighted by Gasteiger charge is 2.09. The first-order valence-corrected chi connectivity index (χ1v) is 3.89. The van der Waals surface area contributed by atoms with Crippen molar-refractivity contribution in [3.63, 3.8) is 0 Å². The molecule has 0 aliphatic carbocycles. The molecule has 1 aromatic heterocycles. The molecular formula is C9H14N2O. The third-order valence-electron chi connectivity index (χ3n) is 1.66. The Hall–Kier alpha value is -0.930. The monoisotopic (exact) mass is 166 g/mol. The van der Waals surface area contributed by atoms with Crippen molar-refractivity contribution in [3.8, 4) is 0 Å². The summed E-state index contributed by atoms with van der Waals surface area (Å²) in [7, 11) is 3.63. The van der Waals surface area contributed by atoms with Crippen molar-refractivity contribution in [1.29, 1.82) is 0 Å². The Labute approximate surface area is 72.7 Å². The van der Waals surface area contributed by atoms with E-state index in [9.17, 15) is 5.11 Å². The Balaban J connectivity index is 2.88. The van der Waals surface area contributed by atoms with Gasteiger partial charge in [0.25, 0.3) is 0 Å². The minimum atomic E-state index is -0.607. The van der Waals surface area contributed by atoms with Gasteiger partial charge in [-0.15, -0.1) is 0 Å². The lowest BCUT2D eigenvalue weighted by atomic mass is 10.3. The lowest BCUT2D eigenvalue weighted by molar-refractivity contribution is 0.0357. The normalized spacial score (nSPS) is 13.4. The van der Waals surface area contributed by atoms with E-state index >= 15 is 0 Å². The number of hydrogen-bond acceptors (Lipinski definition) is 3. The highest BCUT2D eigenvalue weighted by Crippen LogP contribution is 2.11. The van der Waals surface area contributed by atoms with E-state index in [1.165, 1.54) is 0 Å². The molecule has 3 nitrogen and oxygen atoms in total. The molecule has 12 heavy (non-hydrogen) atoms. The zero-order valence-electron chi connectivity index (χ0n) is 7.65. The van der Waals surface area contributed by atoms with Crippen LogP contribution >= 0.6 is 0 Å². The first kappa shape index (κ1) is 9.16. The second-order valence-electron chi connectivity index (χ2n) is 3.04. The van der Waals surface area contributed by atoms with Crippen molar-refractivity contribution >= 4 is 0 Å². The minimum absolute atomic E-state index is 0.607. The van der Waals surface area contributed by atoms with Crippen molar-refractivity contribution in [2.75, 3.05) is 14.1 Å². The summed E-state index contributed by atoms with van der Waals surface area (Å²) in [5.41, 5.74) is 1.62. The number of aromatic nitrogens is 1. The number of hydrogen-bond donors (Lipinski definition) is 1. The van der Waals surface area contributed by atoms with Crippen LogP contribution in [0.25, 0.3) is 0 Å². The van der Waals surface area contributed by atoms with Crippen LogP contribution in [0.2, 0.25) is 0 Å². The maximum absolute atomic E-state index is 9.59. The van der Waals surface area contributed by atoms with Gasteiger partial charge in [0.2, 0.25) is 0 Å². The Kier molecular flexibility index (Phi) is 2.78. The molecule has 1 atom stereocenters. The highest BCUT2D eigenvalue weighted by molar-refractivity contribution is 5.11. The maximum Gasteiger partial charge on any atom is 0.150 e. The van der Waals surface area contributed by atoms with Gasteiger partial charge in [-0.3, -0.25) is 9.88 Å². The van der Waals surface area contributed by atoms with E-state index in [1.807, 2.05) is 39.2 Å². The summed E-state index contributed by atoms with van der Waals surface area (Å²) in [5, 5.41) is 9.59. The fourth-order valence-corrected chi connectivity index (χ4v) is 0.972. The van der Waals surface area contributed by atoms with Crippen LogP contribution in [-0.4, -0.2) is 29.1 Å². The van der Waals surface area contributed by atoms with Crippen LogP contribution < -0.4 is 0 Å². The van der Waals surface area contributed by atoms with Crippen molar-refractivity contribution in [1.82, 2.24) is 9.88 Å². The molecule has 66 valence electrons. The van der Waals surface area contributed by atoms with Crippen molar-refractivity contribution < 1.29 is 5.11 Å². The summed E-state index contributed by atoms with van der Waals surface area (Å²) in [5.74, 6) is 0. The Morgan fingerprint density at radius 3 is 2.58 bits per heavy atom. The average Bonchev–Trinajstić information content (AvgIpc) is 2.03. The van der Waals surface area contributed by atoms with Crippen LogP contribution in [0.1, 0.15) is 17.6 Å². The van der Waals surface area contributed by atoms with Gasteiger partial charge >= 0.3 is 0 Å². The predicted molar refractivity (Wildman–Crippen MR) is 47.6 cm³/mol. The Bertz CT molecular complexity index is 260. The summed E-state index contributed by atoms with van der Waals surface area (Å²) in [6, 6.07) is 5.62. The molecule has 0 aliphatic heterocycles. The van der Waals surface area contributed by atoms with Gasteiger partial charge in [0.05, 0.1) is 5.69 Å². The van der Waals surface area contributed by atoms with Crippen LogP contribution in [0.3, 0.4) is 0 Å². The zero-order valence-corrected chi connectivity index (χ0v) is 7.65. The summed E-state index contributed by atoms with van der Waals surface area (Å²) in [4.78, 5) is 5.91. The van der Waals surface area contributed by atoms with Crippen LogP contribution in [0.4, 0.5) is 0 Å². The third-order valence-corrected chi connectivity index (χ3v) is 1.66. The predicted octanol–water partition coefficient (Wildman–Crippen LogP) is 0.943. The first-order valence-electron chi connectivity index (χ1n) is 3.89. The van der Waals surface area contributed by atoms with Gasteiger partial charge in [0, 0.05) is 5.69 Å². The van der Waals surface area contributed by atoms with E-state index in [0.717, 1.165) is 5.69 Å². The maximum atomic E-state index is 9.59. The van der Waals surface area contributed by atoms with Crippen LogP contribution in [0.5, 0.6) is 0 Å². The molecule has 0 spiro atoms. The van der Waals surface area contributed by atoms with Gasteiger partial charge in [-0.1, -0.05) is 6.07 Å². The lowest BCUT2D eigenvalue weighted by Crippen LogP contribution is -2.20. The number of rotatable bonds is 2. The molecular weight excluding hydrogens is 152 g/mol. The molecule has 0 fully saturated rings. The SMILES string of the molecule is Cc1cccc(C(O)N(C)C)n1. The van der Waals surface area contributed by atoms with Gasteiger partial charge < -0.3 is 5.11 Å². The van der Waals surface area contributed by atoms with Crippen LogP contribution in [0, 0.1) is 6.92 Å². The van der Waals surface area contributed by atoms with Crippen molar-refractivity contribution in [3.05, 3.63) is 29.6 Å². The topological polar surface area (TPSA) is 36.4 Å². The molecule has 3 heteroatoms. The number of aliphatic hydroxyl groups is 1. The number of aliphatic hydroxyl groups excluding tert-OH is 1. The largest absolute Gasteiger partial charge is 0.372 e. The average molecular weight is 166 g/mol. The van der Waals surface area contributed by atoms with E-state index in [2.05, 4.69) is 4.98 Å². The molecule has 0 aromatic carbocycles. The van der Waals surface area contributed by atoms with Gasteiger partial charge in [-0.2, -0.15) is 0 Å². The molecule has 1 rings (SSSR count). The van der Waals surface area contributed by atoms with E-state index in [1.54, 1.807) is 4.90 Å². The molecule has 0 aliphatic rings. The smallest absolute Gasteiger partial charge is 0.150 e. The second-order valence-corrected chi connectivity index (χ2v) is 3.04. The standard InChI is InChI=1S/C9H14N2O/c1-7-5-4-6-8(10-7)9(12)11(2)3/h4-6,9,12H,1-3H3. The van der Waals surface area contributed by atoms with E-state index in [-0.39, 0.29) is 0 Å². The molecule has 1 N–H and O–H groups in total. The molecule has 1 heterocycles.